The van der Waals surface area contributed by atoms with Crippen LogP contribution in [0.25, 0.3) is 16.6 Å². The maximum atomic E-state index is 14.7. The average Bonchev–Trinajstić information content (AvgIpc) is 2.80. The smallest absolute Gasteiger partial charge is 0.270 e. The van der Waals surface area contributed by atoms with Crippen LogP contribution < -0.4 is 5.56 Å². The van der Waals surface area contributed by atoms with Crippen molar-refractivity contribution in [3.05, 3.63) is 110 Å². The lowest BCUT2D eigenvalue weighted by molar-refractivity contribution is -0.384. The van der Waals surface area contributed by atoms with Crippen LogP contribution >= 0.6 is 0 Å². The summed E-state index contributed by atoms with van der Waals surface area (Å²) in [5, 5.41) is 11.3. The molecule has 0 radical (unpaired) electrons. The number of fused-ring (bicyclic) bond motifs is 2. The summed E-state index contributed by atoms with van der Waals surface area (Å²) >= 11 is 0. The van der Waals surface area contributed by atoms with Gasteiger partial charge in [-0.1, -0.05) is 36.4 Å². The quantitative estimate of drug-likeness (QED) is 0.361. The first-order valence-corrected chi connectivity index (χ1v) is 10.3. The summed E-state index contributed by atoms with van der Waals surface area (Å²) in [5.41, 5.74) is 2.20. The van der Waals surface area contributed by atoms with Crippen molar-refractivity contribution in [1.29, 1.82) is 0 Å². The summed E-state index contributed by atoms with van der Waals surface area (Å²) < 4.78 is 15.9. The highest BCUT2D eigenvalue weighted by molar-refractivity contribution is 5.80. The largest absolute Gasteiger partial charge is 0.291 e. The van der Waals surface area contributed by atoms with Crippen molar-refractivity contribution in [3.63, 3.8) is 0 Å². The Labute approximate surface area is 182 Å². The molecule has 0 saturated heterocycles. The molecule has 4 aromatic rings. The van der Waals surface area contributed by atoms with E-state index in [1.165, 1.54) is 46.0 Å². The van der Waals surface area contributed by atoms with E-state index in [1.807, 2.05) is 12.1 Å². The van der Waals surface area contributed by atoms with Crippen LogP contribution in [0.3, 0.4) is 0 Å². The van der Waals surface area contributed by atoms with E-state index in [2.05, 4.69) is 22.0 Å². The van der Waals surface area contributed by atoms with Crippen molar-refractivity contribution in [2.24, 2.45) is 0 Å². The normalized spacial score (nSPS) is 13.8. The van der Waals surface area contributed by atoms with Gasteiger partial charge in [-0.05, 0) is 35.7 Å². The molecular formula is C24H19FN4O3. The molecule has 7 nitrogen and oxygen atoms in total. The summed E-state index contributed by atoms with van der Waals surface area (Å²) in [7, 11) is 0. The Hall–Kier alpha value is -3.91. The van der Waals surface area contributed by atoms with Gasteiger partial charge in [-0.3, -0.25) is 24.4 Å². The van der Waals surface area contributed by atoms with Crippen LogP contribution in [0.2, 0.25) is 0 Å². The van der Waals surface area contributed by atoms with Gasteiger partial charge in [-0.2, -0.15) is 0 Å². The second kappa shape index (κ2) is 7.97. The van der Waals surface area contributed by atoms with Gasteiger partial charge in [0.25, 0.3) is 11.2 Å². The summed E-state index contributed by atoms with van der Waals surface area (Å²) in [6.07, 6.45) is 0.875. The van der Waals surface area contributed by atoms with Crippen molar-refractivity contribution >= 4 is 16.6 Å². The Balaban J connectivity index is 1.65. The molecule has 0 N–H and O–H groups in total. The van der Waals surface area contributed by atoms with Crippen molar-refractivity contribution in [3.8, 4) is 5.69 Å². The molecule has 1 aliphatic heterocycles. The van der Waals surface area contributed by atoms with Crippen LogP contribution in [0, 0.1) is 15.9 Å². The molecule has 1 aromatic heterocycles. The van der Waals surface area contributed by atoms with Gasteiger partial charge < -0.3 is 0 Å². The standard InChI is InChI=1S/C24H19FN4O3/c25-20-7-3-4-8-22(20)28-23(15-27-12-11-16-5-1-2-6-17(16)14-27)26-21-10-9-18(29(31)32)13-19(21)24(28)30/h1-10,13H,11-12,14-15H2. The zero-order valence-corrected chi connectivity index (χ0v) is 17.1. The third kappa shape index (κ3) is 3.54. The number of para-hydroxylation sites is 1. The van der Waals surface area contributed by atoms with Gasteiger partial charge in [-0.15, -0.1) is 0 Å². The molecule has 0 fully saturated rings. The lowest BCUT2D eigenvalue weighted by Crippen LogP contribution is -2.34. The number of hydrogen-bond donors (Lipinski definition) is 0. The number of halogens is 1. The first-order valence-electron chi connectivity index (χ1n) is 10.3. The highest BCUT2D eigenvalue weighted by Crippen LogP contribution is 2.23. The van der Waals surface area contributed by atoms with Gasteiger partial charge in [0.15, 0.2) is 0 Å². The average molecular weight is 430 g/mol. The fourth-order valence-electron chi connectivity index (χ4n) is 4.21. The van der Waals surface area contributed by atoms with Crippen LogP contribution in [0.1, 0.15) is 17.0 Å². The number of hydrogen-bond acceptors (Lipinski definition) is 5. The van der Waals surface area contributed by atoms with E-state index >= 15 is 0 Å². The highest BCUT2D eigenvalue weighted by Gasteiger charge is 2.22. The van der Waals surface area contributed by atoms with E-state index < -0.39 is 16.3 Å². The topological polar surface area (TPSA) is 81.3 Å². The van der Waals surface area contributed by atoms with Crippen molar-refractivity contribution in [1.82, 2.24) is 14.5 Å². The first kappa shape index (κ1) is 20.0. The van der Waals surface area contributed by atoms with Gasteiger partial charge in [-0.25, -0.2) is 9.37 Å². The van der Waals surface area contributed by atoms with Gasteiger partial charge in [0.1, 0.15) is 11.6 Å². The van der Waals surface area contributed by atoms with Crippen LogP contribution in [0.15, 0.2) is 71.5 Å². The second-order valence-electron chi connectivity index (χ2n) is 7.81. The first-order chi connectivity index (χ1) is 15.5. The Morgan fingerprint density at radius 2 is 1.78 bits per heavy atom. The summed E-state index contributed by atoms with van der Waals surface area (Å²) in [6.45, 7) is 1.81. The van der Waals surface area contributed by atoms with Crippen LogP contribution in [0.4, 0.5) is 10.1 Å². The van der Waals surface area contributed by atoms with Gasteiger partial charge in [0.2, 0.25) is 0 Å². The molecule has 0 amide bonds. The molecule has 0 saturated carbocycles. The maximum absolute atomic E-state index is 14.7. The molecule has 32 heavy (non-hydrogen) atoms. The third-order valence-electron chi connectivity index (χ3n) is 5.80. The molecule has 1 aliphatic rings. The Morgan fingerprint density at radius 3 is 2.56 bits per heavy atom. The lowest BCUT2D eigenvalue weighted by atomic mass is 10.00. The SMILES string of the molecule is O=c1c2cc([N+](=O)[O-])ccc2nc(CN2CCc3ccccc3C2)n1-c1ccccc1F. The van der Waals surface area contributed by atoms with Crippen molar-refractivity contribution in [2.75, 3.05) is 6.54 Å². The molecule has 0 atom stereocenters. The second-order valence-corrected chi connectivity index (χ2v) is 7.81. The molecule has 0 aliphatic carbocycles. The van der Waals surface area contributed by atoms with Crippen LogP contribution in [-0.4, -0.2) is 25.9 Å². The fraction of sp³-hybridized carbons (Fsp3) is 0.167. The summed E-state index contributed by atoms with van der Waals surface area (Å²) in [4.78, 5) is 30.9. The minimum atomic E-state index is -0.564. The lowest BCUT2D eigenvalue weighted by Gasteiger charge is -2.29. The predicted molar refractivity (Wildman–Crippen MR) is 118 cm³/mol. The van der Waals surface area contributed by atoms with Crippen LogP contribution in [-0.2, 0) is 19.5 Å². The minimum Gasteiger partial charge on any atom is -0.291 e. The van der Waals surface area contributed by atoms with Crippen molar-refractivity contribution < 1.29 is 9.31 Å². The predicted octanol–water partition coefficient (Wildman–Crippen LogP) is 3.99. The minimum absolute atomic E-state index is 0.0748. The van der Waals surface area contributed by atoms with E-state index in [1.54, 1.807) is 12.1 Å². The van der Waals surface area contributed by atoms with E-state index in [0.29, 0.717) is 24.4 Å². The van der Waals surface area contributed by atoms with E-state index in [-0.39, 0.29) is 16.8 Å². The molecular weight excluding hydrogens is 411 g/mol. The molecule has 5 rings (SSSR count). The van der Waals surface area contributed by atoms with Gasteiger partial charge in [0.05, 0.1) is 28.1 Å². The van der Waals surface area contributed by atoms with E-state index in [9.17, 15) is 19.3 Å². The fourth-order valence-corrected chi connectivity index (χ4v) is 4.21. The summed E-state index contributed by atoms with van der Waals surface area (Å²) in [6, 6.07) is 18.2. The van der Waals surface area contributed by atoms with E-state index in [0.717, 1.165) is 13.0 Å². The van der Waals surface area contributed by atoms with Crippen molar-refractivity contribution in [2.45, 2.75) is 19.5 Å². The van der Waals surface area contributed by atoms with Crippen LogP contribution in [0.5, 0.6) is 0 Å². The molecule has 3 aromatic carbocycles. The number of benzene rings is 3. The molecule has 2 heterocycles. The molecule has 0 bridgehead atoms. The molecule has 160 valence electrons. The highest BCUT2D eigenvalue weighted by atomic mass is 19.1. The monoisotopic (exact) mass is 430 g/mol. The number of nitrogens with zero attached hydrogens (tertiary/aromatic N) is 4. The molecule has 0 unspecified atom stereocenters. The number of aromatic nitrogens is 2. The molecule has 8 heteroatoms. The summed E-state index contributed by atoms with van der Waals surface area (Å²) in [5.74, 6) is -0.174. The third-order valence-corrected chi connectivity index (χ3v) is 5.80. The Bertz CT molecular complexity index is 1420. The zero-order chi connectivity index (χ0) is 22.2. The number of rotatable bonds is 4. The zero-order valence-electron chi connectivity index (χ0n) is 17.1. The van der Waals surface area contributed by atoms with Gasteiger partial charge in [0, 0.05) is 25.2 Å². The Morgan fingerprint density at radius 1 is 1.03 bits per heavy atom. The maximum Gasteiger partial charge on any atom is 0.270 e. The number of non-ortho nitro benzene ring substituents is 1. The Kier molecular flexibility index (Phi) is 4.99. The van der Waals surface area contributed by atoms with Gasteiger partial charge >= 0.3 is 0 Å². The number of nitro groups is 1. The molecule has 0 spiro atoms. The number of nitro benzene ring substituents is 1. The van der Waals surface area contributed by atoms with E-state index in [4.69, 9.17) is 0 Å².